The van der Waals surface area contributed by atoms with Gasteiger partial charge in [0.25, 0.3) is 0 Å². The van der Waals surface area contributed by atoms with E-state index in [1.165, 1.54) is 0 Å². The van der Waals surface area contributed by atoms with Gasteiger partial charge in [-0.2, -0.15) is 0 Å². The lowest BCUT2D eigenvalue weighted by molar-refractivity contribution is -0.390. The number of hydrogen-bond acceptors (Lipinski definition) is 6. The van der Waals surface area contributed by atoms with Gasteiger partial charge < -0.3 is 20.0 Å². The van der Waals surface area contributed by atoms with Crippen molar-refractivity contribution in [1.29, 1.82) is 0 Å². The van der Waals surface area contributed by atoms with Crippen molar-refractivity contribution in [2.24, 2.45) is 0 Å². The smallest absolute Gasteiger partial charge is 0.406 e. The molecule has 0 unspecified atom stereocenters. The average Bonchev–Trinajstić information content (AvgIpc) is 2.30. The molecule has 0 saturated carbocycles. The minimum atomic E-state index is -3.05. The average molecular weight is 262 g/mol. The molecule has 7 nitrogen and oxygen atoms in total. The standard InChI is InChI=1S/C9H8F2N2O5/c1-18-6(14)3-4-2-5(8(10)11)12-9(7(4)15)13(16)17/h2,8,15H,3H2,1H3. The highest BCUT2D eigenvalue weighted by Gasteiger charge is 2.27. The number of nitrogens with zero attached hydrogens (tertiary/aromatic N) is 2. The molecule has 1 N–H and O–H groups in total. The van der Waals surface area contributed by atoms with E-state index in [9.17, 15) is 28.8 Å². The Balaban J connectivity index is 3.31. The maximum absolute atomic E-state index is 12.5. The summed E-state index contributed by atoms with van der Waals surface area (Å²) in [5, 5.41) is 20.0. The van der Waals surface area contributed by atoms with E-state index in [-0.39, 0.29) is 5.56 Å². The van der Waals surface area contributed by atoms with Gasteiger partial charge in [-0.3, -0.25) is 4.79 Å². The molecule has 0 spiro atoms. The predicted octanol–water partition coefficient (Wildman–Crippen LogP) is 1.35. The summed E-state index contributed by atoms with van der Waals surface area (Å²) in [6, 6.07) is 0.726. The fraction of sp³-hybridized carbons (Fsp3) is 0.333. The van der Waals surface area contributed by atoms with Crippen molar-refractivity contribution in [3.05, 3.63) is 27.4 Å². The molecule has 18 heavy (non-hydrogen) atoms. The molecule has 0 fully saturated rings. The molecule has 0 aliphatic heterocycles. The molecule has 98 valence electrons. The summed E-state index contributed by atoms with van der Waals surface area (Å²) in [4.78, 5) is 23.4. The van der Waals surface area contributed by atoms with Crippen molar-refractivity contribution >= 4 is 11.8 Å². The van der Waals surface area contributed by atoms with Gasteiger partial charge in [0.2, 0.25) is 11.4 Å². The number of esters is 1. The molecule has 1 aromatic rings. The van der Waals surface area contributed by atoms with Crippen molar-refractivity contribution < 1.29 is 28.3 Å². The van der Waals surface area contributed by atoms with Crippen LogP contribution in [0.5, 0.6) is 5.75 Å². The van der Waals surface area contributed by atoms with Crippen molar-refractivity contribution in [3.8, 4) is 5.75 Å². The third-order valence-electron chi connectivity index (χ3n) is 2.03. The maximum Gasteiger partial charge on any atom is 0.406 e. The third-order valence-corrected chi connectivity index (χ3v) is 2.03. The summed E-state index contributed by atoms with van der Waals surface area (Å²) >= 11 is 0. The highest BCUT2D eigenvalue weighted by Crippen LogP contribution is 2.31. The molecule has 1 heterocycles. The normalized spacial score (nSPS) is 10.4. The number of pyridine rings is 1. The Morgan fingerprint density at radius 2 is 2.28 bits per heavy atom. The van der Waals surface area contributed by atoms with E-state index in [4.69, 9.17) is 0 Å². The van der Waals surface area contributed by atoms with Crippen molar-refractivity contribution in [1.82, 2.24) is 4.98 Å². The van der Waals surface area contributed by atoms with Crippen molar-refractivity contribution in [3.63, 3.8) is 0 Å². The molecule has 0 bridgehead atoms. The molecule has 0 aliphatic rings. The number of methoxy groups -OCH3 is 1. The van der Waals surface area contributed by atoms with Gasteiger partial charge in [-0.05, 0) is 16.0 Å². The lowest BCUT2D eigenvalue weighted by Crippen LogP contribution is -2.07. The van der Waals surface area contributed by atoms with Gasteiger partial charge in [0.05, 0.1) is 13.5 Å². The van der Waals surface area contributed by atoms with Gasteiger partial charge in [0.1, 0.15) is 0 Å². The van der Waals surface area contributed by atoms with Crippen LogP contribution in [0.25, 0.3) is 0 Å². The quantitative estimate of drug-likeness (QED) is 0.499. The number of nitro groups is 1. The maximum atomic E-state index is 12.5. The van der Waals surface area contributed by atoms with E-state index in [0.29, 0.717) is 0 Å². The molecule has 9 heteroatoms. The van der Waals surface area contributed by atoms with Crippen LogP contribution in [0.3, 0.4) is 0 Å². The zero-order chi connectivity index (χ0) is 13.9. The van der Waals surface area contributed by atoms with Crippen LogP contribution in [0.15, 0.2) is 6.07 Å². The molecule has 0 atom stereocenters. The molecule has 0 aliphatic carbocycles. The summed E-state index contributed by atoms with van der Waals surface area (Å²) in [6.45, 7) is 0. The largest absolute Gasteiger partial charge is 0.501 e. The van der Waals surface area contributed by atoms with Gasteiger partial charge in [0.15, 0.2) is 0 Å². The Kier molecular flexibility index (Phi) is 4.08. The number of hydrogen-bond donors (Lipinski definition) is 1. The van der Waals surface area contributed by atoms with Crippen LogP contribution in [0, 0.1) is 10.1 Å². The van der Waals surface area contributed by atoms with E-state index >= 15 is 0 Å². The van der Waals surface area contributed by atoms with E-state index in [0.717, 1.165) is 13.2 Å². The minimum Gasteiger partial charge on any atom is -0.501 e. The van der Waals surface area contributed by atoms with Crippen molar-refractivity contribution in [2.45, 2.75) is 12.8 Å². The summed E-state index contributed by atoms with van der Waals surface area (Å²) < 4.78 is 29.2. The van der Waals surface area contributed by atoms with Gasteiger partial charge in [-0.25, -0.2) is 8.78 Å². The highest BCUT2D eigenvalue weighted by atomic mass is 19.3. The van der Waals surface area contributed by atoms with E-state index in [2.05, 4.69) is 9.72 Å². The van der Waals surface area contributed by atoms with Crippen molar-refractivity contribution in [2.75, 3.05) is 7.11 Å². The Hall–Kier alpha value is -2.32. The van der Waals surface area contributed by atoms with Gasteiger partial charge in [-0.15, -0.1) is 0 Å². The van der Waals surface area contributed by atoms with Crippen LogP contribution in [-0.2, 0) is 16.0 Å². The lowest BCUT2D eigenvalue weighted by atomic mass is 10.1. The number of alkyl halides is 2. The number of aromatic hydroxyl groups is 1. The molecule has 1 rings (SSSR count). The number of ether oxygens (including phenoxy) is 1. The van der Waals surface area contributed by atoms with Gasteiger partial charge in [0, 0.05) is 5.56 Å². The van der Waals surface area contributed by atoms with E-state index in [1.54, 1.807) is 0 Å². The molecule has 0 radical (unpaired) electrons. The summed E-state index contributed by atoms with van der Waals surface area (Å²) in [6.07, 6.45) is -3.62. The Morgan fingerprint density at radius 3 is 2.72 bits per heavy atom. The number of aromatic nitrogens is 1. The van der Waals surface area contributed by atoms with Gasteiger partial charge >= 0.3 is 18.2 Å². The molecular weight excluding hydrogens is 254 g/mol. The monoisotopic (exact) mass is 262 g/mol. The second-order valence-electron chi connectivity index (χ2n) is 3.19. The SMILES string of the molecule is COC(=O)Cc1cc(C(F)F)nc([N+](=O)[O-])c1O. The molecule has 1 aromatic heterocycles. The van der Waals surface area contributed by atoms with Gasteiger partial charge in [-0.1, -0.05) is 0 Å². The fourth-order valence-corrected chi connectivity index (χ4v) is 1.20. The summed E-state index contributed by atoms with van der Waals surface area (Å²) in [5.41, 5.74) is -1.22. The van der Waals surface area contributed by atoms with Crippen LogP contribution in [0.4, 0.5) is 14.6 Å². The number of rotatable bonds is 4. The zero-order valence-electron chi connectivity index (χ0n) is 9.09. The lowest BCUT2D eigenvalue weighted by Gasteiger charge is -2.05. The zero-order valence-corrected chi connectivity index (χ0v) is 9.09. The molecule has 0 amide bonds. The van der Waals surface area contributed by atoms with Crippen LogP contribution >= 0.6 is 0 Å². The molecule has 0 saturated heterocycles. The van der Waals surface area contributed by atoms with E-state index < -0.39 is 41.0 Å². The number of halogens is 2. The Morgan fingerprint density at radius 1 is 1.67 bits per heavy atom. The second kappa shape index (κ2) is 5.34. The highest BCUT2D eigenvalue weighted by molar-refractivity contribution is 5.74. The topological polar surface area (TPSA) is 103 Å². The first-order chi connectivity index (χ1) is 8.36. The summed E-state index contributed by atoms with van der Waals surface area (Å²) in [5.74, 6) is -2.87. The van der Waals surface area contributed by atoms with Crippen LogP contribution in [0.1, 0.15) is 17.7 Å². The number of carbonyl (C=O) groups excluding carboxylic acids is 1. The second-order valence-corrected chi connectivity index (χ2v) is 3.19. The van der Waals surface area contributed by atoms with Crippen LogP contribution in [-0.4, -0.2) is 28.1 Å². The van der Waals surface area contributed by atoms with E-state index in [1.807, 2.05) is 0 Å². The first kappa shape index (κ1) is 13.7. The fourth-order valence-electron chi connectivity index (χ4n) is 1.20. The number of carbonyl (C=O) groups is 1. The Labute approximate surface area is 99.2 Å². The Bertz CT molecular complexity index is 492. The summed E-state index contributed by atoms with van der Waals surface area (Å²) in [7, 11) is 1.06. The van der Waals surface area contributed by atoms with Crippen LogP contribution < -0.4 is 0 Å². The predicted molar refractivity (Wildman–Crippen MR) is 53.2 cm³/mol. The molecular formula is C9H8F2N2O5. The molecule has 0 aromatic carbocycles. The first-order valence-corrected chi connectivity index (χ1v) is 4.59. The van der Waals surface area contributed by atoms with Crippen LogP contribution in [0.2, 0.25) is 0 Å². The first-order valence-electron chi connectivity index (χ1n) is 4.59. The third kappa shape index (κ3) is 2.87. The minimum absolute atomic E-state index is 0.334.